The van der Waals surface area contributed by atoms with Crippen LogP contribution in [0.4, 0.5) is 5.69 Å². The number of amides is 1. The van der Waals surface area contributed by atoms with Gasteiger partial charge in [-0.25, -0.2) is 4.68 Å². The van der Waals surface area contributed by atoms with Crippen molar-refractivity contribution in [2.24, 2.45) is 0 Å². The van der Waals surface area contributed by atoms with Gasteiger partial charge in [-0.3, -0.25) is 4.79 Å². The summed E-state index contributed by atoms with van der Waals surface area (Å²) in [5, 5.41) is 16.8. The summed E-state index contributed by atoms with van der Waals surface area (Å²) in [5.41, 5.74) is 4.48. The number of nitrogens with one attached hydrogen (secondary N) is 1. The molecule has 1 amide bonds. The summed E-state index contributed by atoms with van der Waals surface area (Å²) in [6, 6.07) is 13.7. The first-order valence-corrected chi connectivity index (χ1v) is 9.55. The van der Waals surface area contributed by atoms with Crippen LogP contribution in [0.1, 0.15) is 42.4 Å². The van der Waals surface area contributed by atoms with E-state index in [1.54, 1.807) is 12.3 Å². The summed E-state index contributed by atoms with van der Waals surface area (Å²) in [5.74, 6) is 0.538. The average molecular weight is 387 g/mol. The number of hydrogen-bond acceptors (Lipinski definition) is 3. The molecular weight excluding hydrogens is 362 g/mol. The molecule has 0 aliphatic carbocycles. The fourth-order valence-corrected chi connectivity index (χ4v) is 3.38. The van der Waals surface area contributed by atoms with E-state index in [0.717, 1.165) is 28.3 Å². The van der Waals surface area contributed by atoms with Crippen molar-refractivity contribution in [3.63, 3.8) is 0 Å². The molecule has 1 aromatic carbocycles. The third-order valence-corrected chi connectivity index (χ3v) is 4.90. The van der Waals surface area contributed by atoms with E-state index in [2.05, 4.69) is 28.8 Å². The number of carbonyl (C=O) groups excluding carboxylic acids is 1. The van der Waals surface area contributed by atoms with Crippen LogP contribution >= 0.6 is 0 Å². The molecular formula is C23H25N5O. The van der Waals surface area contributed by atoms with Crippen molar-refractivity contribution in [1.82, 2.24) is 14.3 Å². The molecule has 3 rings (SSSR count). The van der Waals surface area contributed by atoms with Crippen molar-refractivity contribution in [3.8, 4) is 11.9 Å². The Bertz CT molecular complexity index is 1120. The van der Waals surface area contributed by atoms with Gasteiger partial charge in [0.05, 0.1) is 6.20 Å². The van der Waals surface area contributed by atoms with E-state index in [1.165, 1.54) is 0 Å². The number of nitriles is 1. The lowest BCUT2D eigenvalue weighted by Gasteiger charge is -2.15. The Morgan fingerprint density at radius 2 is 1.93 bits per heavy atom. The Labute approximate surface area is 171 Å². The van der Waals surface area contributed by atoms with Gasteiger partial charge in [-0.2, -0.15) is 10.4 Å². The maximum absolute atomic E-state index is 12.7. The second-order valence-corrected chi connectivity index (χ2v) is 7.33. The van der Waals surface area contributed by atoms with Gasteiger partial charge in [0.25, 0.3) is 5.91 Å². The third kappa shape index (κ3) is 3.99. The zero-order valence-electron chi connectivity index (χ0n) is 17.4. The fraction of sp³-hybridized carbons (Fsp3) is 0.261. The number of aryl methyl sites for hydroxylation is 2. The van der Waals surface area contributed by atoms with Crippen molar-refractivity contribution >= 4 is 17.7 Å². The molecule has 3 aromatic rings. The van der Waals surface area contributed by atoms with Crippen molar-refractivity contribution in [2.75, 3.05) is 5.32 Å². The number of nitrogens with zero attached hydrogens (tertiary/aromatic N) is 4. The number of anilines is 1. The molecule has 0 saturated heterocycles. The van der Waals surface area contributed by atoms with Crippen molar-refractivity contribution in [2.45, 2.75) is 40.7 Å². The highest BCUT2D eigenvalue weighted by molar-refractivity contribution is 6.10. The molecule has 0 spiro atoms. The minimum absolute atomic E-state index is 0.0610. The number of aromatic nitrogens is 3. The number of carbonyl (C=O) groups is 1. The molecule has 148 valence electrons. The second-order valence-electron chi connectivity index (χ2n) is 7.33. The standard InChI is InChI=1S/C23H25N5O/c1-15(2)28-22(10-11-25-28)27-17(4)12-19(18(27)5)13-20(14-24)23(29)26-21-9-7-6-8-16(21)3/h6-13,15H,1-5H3,(H,26,29)/b20-13+. The lowest BCUT2D eigenvalue weighted by molar-refractivity contribution is -0.112. The maximum atomic E-state index is 12.7. The molecule has 6 nitrogen and oxygen atoms in total. The minimum Gasteiger partial charge on any atom is -0.321 e. The first kappa shape index (κ1) is 20.2. The van der Waals surface area contributed by atoms with Crippen molar-refractivity contribution in [1.29, 1.82) is 5.26 Å². The predicted molar refractivity (Wildman–Crippen MR) is 115 cm³/mol. The maximum Gasteiger partial charge on any atom is 0.266 e. The summed E-state index contributed by atoms with van der Waals surface area (Å²) in [7, 11) is 0. The van der Waals surface area contributed by atoms with E-state index in [-0.39, 0.29) is 11.6 Å². The zero-order chi connectivity index (χ0) is 21.1. The molecule has 0 saturated carbocycles. The van der Waals surface area contributed by atoms with E-state index in [9.17, 15) is 10.1 Å². The molecule has 6 heteroatoms. The monoisotopic (exact) mass is 387 g/mol. The molecule has 29 heavy (non-hydrogen) atoms. The van der Waals surface area contributed by atoms with Gasteiger partial charge in [0.2, 0.25) is 0 Å². The van der Waals surface area contributed by atoms with Gasteiger partial charge < -0.3 is 9.88 Å². The quantitative estimate of drug-likeness (QED) is 0.508. The largest absolute Gasteiger partial charge is 0.321 e. The molecule has 0 radical (unpaired) electrons. The Balaban J connectivity index is 1.97. The number of hydrogen-bond donors (Lipinski definition) is 1. The molecule has 1 N–H and O–H groups in total. The van der Waals surface area contributed by atoms with Crippen LogP contribution in [0, 0.1) is 32.1 Å². The molecule has 2 heterocycles. The molecule has 0 fully saturated rings. The highest BCUT2D eigenvalue weighted by Gasteiger charge is 2.17. The smallest absolute Gasteiger partial charge is 0.266 e. The van der Waals surface area contributed by atoms with Crippen molar-refractivity contribution < 1.29 is 4.79 Å². The SMILES string of the molecule is Cc1ccccc1NC(=O)/C(C#N)=C/c1cc(C)n(-c2ccnn2C(C)C)c1C. The van der Waals surface area contributed by atoms with Gasteiger partial charge in [0.1, 0.15) is 17.5 Å². The van der Waals surface area contributed by atoms with Crippen LogP contribution in [0.15, 0.2) is 48.2 Å². The second kappa shape index (κ2) is 8.19. The molecule has 0 bridgehead atoms. The van der Waals surface area contributed by atoms with E-state index >= 15 is 0 Å². The lowest BCUT2D eigenvalue weighted by atomic mass is 10.1. The molecule has 0 aliphatic rings. The van der Waals surface area contributed by atoms with Crippen LogP contribution in [0.25, 0.3) is 11.9 Å². The Morgan fingerprint density at radius 3 is 2.59 bits per heavy atom. The Hall–Kier alpha value is -3.59. The highest BCUT2D eigenvalue weighted by Crippen LogP contribution is 2.24. The fourth-order valence-electron chi connectivity index (χ4n) is 3.38. The Morgan fingerprint density at radius 1 is 1.21 bits per heavy atom. The van der Waals surface area contributed by atoms with Crippen LogP contribution < -0.4 is 5.32 Å². The van der Waals surface area contributed by atoms with E-state index in [1.807, 2.05) is 67.9 Å². The van der Waals surface area contributed by atoms with Crippen LogP contribution in [0.3, 0.4) is 0 Å². The van der Waals surface area contributed by atoms with Crippen LogP contribution in [0.2, 0.25) is 0 Å². The molecule has 0 unspecified atom stereocenters. The van der Waals surface area contributed by atoms with E-state index in [0.29, 0.717) is 5.69 Å². The Kier molecular flexibility index (Phi) is 5.69. The first-order valence-electron chi connectivity index (χ1n) is 9.55. The van der Waals surface area contributed by atoms with Crippen LogP contribution in [0.5, 0.6) is 0 Å². The van der Waals surface area contributed by atoms with Gasteiger partial charge in [-0.1, -0.05) is 18.2 Å². The highest BCUT2D eigenvalue weighted by atomic mass is 16.1. The molecule has 0 atom stereocenters. The minimum atomic E-state index is -0.418. The zero-order valence-corrected chi connectivity index (χ0v) is 17.4. The number of benzene rings is 1. The third-order valence-electron chi connectivity index (χ3n) is 4.90. The van der Waals surface area contributed by atoms with Crippen molar-refractivity contribution in [3.05, 3.63) is 70.7 Å². The lowest BCUT2D eigenvalue weighted by Crippen LogP contribution is -2.14. The first-order chi connectivity index (χ1) is 13.8. The van der Waals surface area contributed by atoms with Crippen LogP contribution in [-0.4, -0.2) is 20.3 Å². The summed E-state index contributed by atoms with van der Waals surface area (Å²) in [6.07, 6.45) is 3.42. The average Bonchev–Trinajstić information content (AvgIpc) is 3.25. The van der Waals surface area contributed by atoms with Gasteiger partial charge >= 0.3 is 0 Å². The number of para-hydroxylation sites is 1. The van der Waals surface area contributed by atoms with Gasteiger partial charge in [0, 0.05) is 29.2 Å². The van der Waals surface area contributed by atoms with Gasteiger partial charge in [0.15, 0.2) is 0 Å². The summed E-state index contributed by atoms with van der Waals surface area (Å²) >= 11 is 0. The van der Waals surface area contributed by atoms with E-state index in [4.69, 9.17) is 0 Å². The summed E-state index contributed by atoms with van der Waals surface area (Å²) in [6.45, 7) is 10.0. The molecule has 0 aliphatic heterocycles. The predicted octanol–water partition coefficient (Wildman–Crippen LogP) is 4.73. The number of rotatable bonds is 5. The van der Waals surface area contributed by atoms with E-state index < -0.39 is 5.91 Å². The molecule has 2 aromatic heterocycles. The summed E-state index contributed by atoms with van der Waals surface area (Å²) in [4.78, 5) is 12.7. The van der Waals surface area contributed by atoms with Gasteiger partial charge in [-0.15, -0.1) is 0 Å². The summed E-state index contributed by atoms with van der Waals surface area (Å²) < 4.78 is 4.04. The van der Waals surface area contributed by atoms with Gasteiger partial charge in [-0.05, 0) is 64.0 Å². The van der Waals surface area contributed by atoms with Crippen LogP contribution in [-0.2, 0) is 4.79 Å². The normalized spacial score (nSPS) is 11.6. The topological polar surface area (TPSA) is 75.6 Å².